The normalized spacial score (nSPS) is 15.2. The predicted molar refractivity (Wildman–Crippen MR) is 121 cm³/mol. The summed E-state index contributed by atoms with van der Waals surface area (Å²) in [7, 11) is 0. The van der Waals surface area contributed by atoms with Gasteiger partial charge in [0.05, 0.1) is 6.54 Å². The molecule has 6 nitrogen and oxygen atoms in total. The number of amides is 1. The molecule has 3 heterocycles. The summed E-state index contributed by atoms with van der Waals surface area (Å²) in [5, 5.41) is 3.64. The highest BCUT2D eigenvalue weighted by Gasteiger charge is 2.19. The van der Waals surface area contributed by atoms with E-state index in [1.165, 1.54) is 16.7 Å². The molecule has 30 heavy (non-hydrogen) atoms. The number of anilines is 1. The smallest absolute Gasteiger partial charge is 0.240 e. The van der Waals surface area contributed by atoms with Crippen molar-refractivity contribution in [2.75, 3.05) is 38.0 Å². The molecular formula is C23H27N5OS. The number of nitrogens with zero attached hydrogens (tertiary/aromatic N) is 4. The summed E-state index contributed by atoms with van der Waals surface area (Å²) >= 11 is 1.55. The molecule has 0 unspecified atom stereocenters. The zero-order valence-corrected chi connectivity index (χ0v) is 18.1. The van der Waals surface area contributed by atoms with Gasteiger partial charge < -0.3 is 5.32 Å². The van der Waals surface area contributed by atoms with Gasteiger partial charge in [0.2, 0.25) is 5.91 Å². The van der Waals surface area contributed by atoms with Gasteiger partial charge >= 0.3 is 0 Å². The van der Waals surface area contributed by atoms with Crippen molar-refractivity contribution < 1.29 is 4.79 Å². The van der Waals surface area contributed by atoms with Crippen LogP contribution in [0.4, 0.5) is 5.13 Å². The van der Waals surface area contributed by atoms with E-state index in [4.69, 9.17) is 0 Å². The molecule has 0 spiro atoms. The molecule has 1 aliphatic rings. The Kier molecular flexibility index (Phi) is 6.84. The molecule has 1 fully saturated rings. The van der Waals surface area contributed by atoms with E-state index in [2.05, 4.69) is 68.4 Å². The molecule has 2 aromatic heterocycles. The van der Waals surface area contributed by atoms with Crippen molar-refractivity contribution in [1.29, 1.82) is 0 Å². The third-order valence-electron chi connectivity index (χ3n) is 5.25. The summed E-state index contributed by atoms with van der Waals surface area (Å²) in [6.07, 6.45) is 6.37. The molecule has 7 heteroatoms. The van der Waals surface area contributed by atoms with Crippen LogP contribution in [0.2, 0.25) is 0 Å². The largest absolute Gasteiger partial charge is 0.301 e. The second-order valence-electron chi connectivity index (χ2n) is 7.75. The lowest BCUT2D eigenvalue weighted by atomic mass is 10.1. The van der Waals surface area contributed by atoms with Crippen molar-refractivity contribution in [1.82, 2.24) is 19.8 Å². The second kappa shape index (κ2) is 9.93. The molecular weight excluding hydrogens is 394 g/mol. The predicted octanol–water partition coefficient (Wildman–Crippen LogP) is 3.19. The minimum atomic E-state index is 0.00837. The molecule has 0 saturated carbocycles. The van der Waals surface area contributed by atoms with E-state index >= 15 is 0 Å². The van der Waals surface area contributed by atoms with Gasteiger partial charge in [-0.3, -0.25) is 19.6 Å². The summed E-state index contributed by atoms with van der Waals surface area (Å²) in [4.78, 5) is 26.7. The van der Waals surface area contributed by atoms with Gasteiger partial charge in [0, 0.05) is 62.6 Å². The van der Waals surface area contributed by atoms with Gasteiger partial charge in [-0.2, -0.15) is 0 Å². The Hall–Kier alpha value is -2.61. The van der Waals surface area contributed by atoms with Gasteiger partial charge in [-0.15, -0.1) is 11.3 Å². The van der Waals surface area contributed by atoms with Gasteiger partial charge in [-0.25, -0.2) is 4.98 Å². The number of aryl methyl sites for hydroxylation is 1. The summed E-state index contributed by atoms with van der Waals surface area (Å²) in [6.45, 7) is 7.17. The van der Waals surface area contributed by atoms with Crippen molar-refractivity contribution in [3.05, 3.63) is 76.6 Å². The first kappa shape index (κ1) is 20.7. The van der Waals surface area contributed by atoms with E-state index in [9.17, 15) is 4.79 Å². The van der Waals surface area contributed by atoms with Crippen molar-refractivity contribution in [2.24, 2.45) is 0 Å². The van der Waals surface area contributed by atoms with Crippen LogP contribution in [0, 0.1) is 6.92 Å². The number of hydrogen-bond acceptors (Lipinski definition) is 6. The molecule has 1 N–H and O–H groups in total. The molecule has 0 radical (unpaired) electrons. The van der Waals surface area contributed by atoms with Crippen LogP contribution in [0.3, 0.4) is 0 Å². The molecule has 0 aliphatic carbocycles. The van der Waals surface area contributed by atoms with Gasteiger partial charge in [-0.1, -0.05) is 29.8 Å². The van der Waals surface area contributed by atoms with Crippen molar-refractivity contribution in [3.8, 4) is 0 Å². The first-order chi connectivity index (χ1) is 14.6. The summed E-state index contributed by atoms with van der Waals surface area (Å²) in [6, 6.07) is 12.6. The Morgan fingerprint density at radius 2 is 1.83 bits per heavy atom. The molecule has 1 aromatic carbocycles. The highest BCUT2D eigenvalue weighted by atomic mass is 32.1. The fourth-order valence-corrected chi connectivity index (χ4v) is 4.55. The highest BCUT2D eigenvalue weighted by Crippen LogP contribution is 2.21. The van der Waals surface area contributed by atoms with E-state index < -0.39 is 0 Å². The van der Waals surface area contributed by atoms with Crippen LogP contribution in [0.5, 0.6) is 0 Å². The number of aromatic nitrogens is 2. The lowest BCUT2D eigenvalue weighted by Gasteiger charge is -2.34. The molecule has 0 bridgehead atoms. The molecule has 156 valence electrons. The maximum Gasteiger partial charge on any atom is 0.240 e. The van der Waals surface area contributed by atoms with E-state index in [0.717, 1.165) is 44.0 Å². The number of carbonyl (C=O) groups is 1. The zero-order chi connectivity index (χ0) is 20.8. The Labute approximate surface area is 181 Å². The van der Waals surface area contributed by atoms with Crippen LogP contribution in [-0.4, -0.2) is 58.4 Å². The minimum Gasteiger partial charge on any atom is -0.301 e. The van der Waals surface area contributed by atoms with E-state index in [0.29, 0.717) is 11.7 Å². The highest BCUT2D eigenvalue weighted by molar-refractivity contribution is 7.15. The molecule has 3 aromatic rings. The number of nitrogens with one attached hydrogen (secondary N) is 1. The topological polar surface area (TPSA) is 61.4 Å². The Morgan fingerprint density at radius 3 is 2.60 bits per heavy atom. The third-order valence-corrected chi connectivity index (χ3v) is 6.16. The van der Waals surface area contributed by atoms with Crippen molar-refractivity contribution >= 4 is 22.4 Å². The van der Waals surface area contributed by atoms with Crippen LogP contribution in [-0.2, 0) is 17.8 Å². The van der Waals surface area contributed by atoms with Crippen LogP contribution in [0.1, 0.15) is 21.6 Å². The molecule has 1 aliphatic heterocycles. The molecule has 1 amide bonds. The lowest BCUT2D eigenvalue weighted by Crippen LogP contribution is -2.48. The summed E-state index contributed by atoms with van der Waals surface area (Å²) in [5.41, 5.74) is 3.80. The number of thiazole rings is 1. The van der Waals surface area contributed by atoms with Crippen LogP contribution >= 0.6 is 11.3 Å². The monoisotopic (exact) mass is 421 g/mol. The number of carbonyl (C=O) groups excluding carboxylic acids is 1. The third kappa shape index (κ3) is 5.95. The summed E-state index contributed by atoms with van der Waals surface area (Å²) in [5.74, 6) is 0.00837. The maximum atomic E-state index is 12.5. The fourth-order valence-electron chi connectivity index (χ4n) is 3.68. The minimum absolute atomic E-state index is 0.00837. The van der Waals surface area contributed by atoms with Crippen molar-refractivity contribution in [3.63, 3.8) is 0 Å². The quantitative estimate of drug-likeness (QED) is 0.635. The van der Waals surface area contributed by atoms with Crippen molar-refractivity contribution in [2.45, 2.75) is 19.9 Å². The molecule has 4 rings (SSSR count). The lowest BCUT2D eigenvalue weighted by molar-refractivity contribution is -0.117. The second-order valence-corrected chi connectivity index (χ2v) is 8.87. The standard InChI is InChI=1S/C23H27N5OS/c1-18-3-2-4-20(13-18)14-21-15-25-23(30-21)26-22(29)17-28-11-9-27(10-12-28)16-19-5-7-24-8-6-19/h2-8,13,15H,9-12,14,16-17H2,1H3,(H,25,26,29). The van der Waals surface area contributed by atoms with Gasteiger partial charge in [0.25, 0.3) is 0 Å². The number of pyridine rings is 1. The Balaban J connectivity index is 1.21. The van der Waals surface area contributed by atoms with E-state index in [-0.39, 0.29) is 5.91 Å². The molecule has 0 atom stereocenters. The number of rotatable bonds is 7. The SMILES string of the molecule is Cc1cccc(Cc2cnc(NC(=O)CN3CCN(Cc4ccncc4)CC3)s2)c1. The zero-order valence-electron chi connectivity index (χ0n) is 17.3. The first-order valence-corrected chi connectivity index (χ1v) is 11.1. The van der Waals surface area contributed by atoms with E-state index in [1.54, 1.807) is 11.3 Å². The average molecular weight is 422 g/mol. The molecule has 1 saturated heterocycles. The number of benzene rings is 1. The number of piperazine rings is 1. The summed E-state index contributed by atoms with van der Waals surface area (Å²) < 4.78 is 0. The van der Waals surface area contributed by atoms with Crippen LogP contribution < -0.4 is 5.32 Å². The van der Waals surface area contributed by atoms with Crippen LogP contribution in [0.25, 0.3) is 0 Å². The van der Waals surface area contributed by atoms with Crippen LogP contribution in [0.15, 0.2) is 55.0 Å². The Bertz CT molecular complexity index is 966. The fraction of sp³-hybridized carbons (Fsp3) is 0.348. The first-order valence-electron chi connectivity index (χ1n) is 10.3. The van der Waals surface area contributed by atoms with E-state index in [1.807, 2.05) is 18.6 Å². The number of hydrogen-bond donors (Lipinski definition) is 1. The average Bonchev–Trinajstić information content (AvgIpc) is 3.17. The Morgan fingerprint density at radius 1 is 1.07 bits per heavy atom. The van der Waals surface area contributed by atoms with Gasteiger partial charge in [-0.05, 0) is 30.2 Å². The van der Waals surface area contributed by atoms with Gasteiger partial charge in [0.15, 0.2) is 5.13 Å². The van der Waals surface area contributed by atoms with Gasteiger partial charge in [0.1, 0.15) is 0 Å². The maximum absolute atomic E-state index is 12.5.